The lowest BCUT2D eigenvalue weighted by Gasteiger charge is -2.02. The summed E-state index contributed by atoms with van der Waals surface area (Å²) in [6, 6.07) is 3.99. The summed E-state index contributed by atoms with van der Waals surface area (Å²) in [5.41, 5.74) is 6.37. The molecule has 0 bridgehead atoms. The van der Waals surface area contributed by atoms with E-state index in [1.807, 2.05) is 43.5 Å². The number of carbonyl (C=O) groups is 1. The summed E-state index contributed by atoms with van der Waals surface area (Å²) >= 11 is 1.64. The molecule has 4 nitrogen and oxygen atoms in total. The molecule has 0 aliphatic rings. The van der Waals surface area contributed by atoms with Crippen LogP contribution in [-0.2, 0) is 9.53 Å². The number of esters is 1. The highest BCUT2D eigenvalue weighted by atomic mass is 32.1. The fourth-order valence-corrected chi connectivity index (χ4v) is 1.92. The number of nitrogens with zero attached hydrogens (tertiary/aromatic N) is 1. The molecule has 0 fully saturated rings. The van der Waals surface area contributed by atoms with Crippen molar-refractivity contribution < 1.29 is 9.53 Å². The second-order valence-electron chi connectivity index (χ2n) is 4.59. The van der Waals surface area contributed by atoms with E-state index >= 15 is 0 Å². The molecule has 0 radical (unpaired) electrons. The van der Waals surface area contributed by atoms with E-state index in [4.69, 9.17) is 10.5 Å². The van der Waals surface area contributed by atoms with E-state index in [9.17, 15) is 4.79 Å². The molecule has 20 heavy (non-hydrogen) atoms. The molecule has 0 aliphatic heterocycles. The van der Waals surface area contributed by atoms with Crippen molar-refractivity contribution >= 4 is 29.6 Å². The number of nitrogens with two attached hydrogens (primary N) is 1. The van der Waals surface area contributed by atoms with Gasteiger partial charge in [-0.05, 0) is 35.6 Å². The highest BCUT2D eigenvalue weighted by molar-refractivity contribution is 7.10. The van der Waals surface area contributed by atoms with Crippen LogP contribution in [0.25, 0.3) is 6.08 Å². The molecule has 1 heterocycles. The number of ether oxygens (including phenoxy) is 1. The van der Waals surface area contributed by atoms with Gasteiger partial charge in [0.25, 0.3) is 0 Å². The maximum absolute atomic E-state index is 11.2. The first-order chi connectivity index (χ1) is 9.58. The van der Waals surface area contributed by atoms with Crippen LogP contribution in [0.15, 0.2) is 40.4 Å². The number of aliphatic imine (C=N–C) groups is 1. The first kappa shape index (κ1) is 16.2. The van der Waals surface area contributed by atoms with Crippen molar-refractivity contribution in [2.45, 2.75) is 20.3 Å². The Morgan fingerprint density at radius 2 is 2.35 bits per heavy atom. The Morgan fingerprint density at radius 3 is 3.00 bits per heavy atom. The van der Waals surface area contributed by atoms with E-state index in [-0.39, 0.29) is 12.7 Å². The molecule has 5 heteroatoms. The minimum absolute atomic E-state index is 0.0317. The molecule has 0 aliphatic carbocycles. The number of allylic oxidation sites excluding steroid dienone is 2. The third-order valence-corrected chi connectivity index (χ3v) is 3.07. The van der Waals surface area contributed by atoms with E-state index in [2.05, 4.69) is 4.99 Å². The van der Waals surface area contributed by atoms with Gasteiger partial charge in [-0.25, -0.2) is 0 Å². The van der Waals surface area contributed by atoms with Gasteiger partial charge in [0.05, 0.1) is 0 Å². The van der Waals surface area contributed by atoms with Crippen molar-refractivity contribution in [3.63, 3.8) is 0 Å². The Bertz CT molecular complexity index is 488. The van der Waals surface area contributed by atoms with Gasteiger partial charge in [0.1, 0.15) is 0 Å². The smallest absolute Gasteiger partial charge is 0.307 e. The lowest BCUT2D eigenvalue weighted by Crippen LogP contribution is -2.07. The average Bonchev–Trinajstić information content (AvgIpc) is 2.88. The summed E-state index contributed by atoms with van der Waals surface area (Å²) in [6.07, 6.45) is 7.36. The van der Waals surface area contributed by atoms with Crippen LogP contribution >= 0.6 is 11.3 Å². The zero-order valence-electron chi connectivity index (χ0n) is 11.8. The second-order valence-corrected chi connectivity index (χ2v) is 5.57. The van der Waals surface area contributed by atoms with Gasteiger partial charge in [-0.15, -0.1) is 11.3 Å². The number of thiophene rings is 1. The Hall–Kier alpha value is -1.88. The molecule has 0 saturated carbocycles. The predicted molar refractivity (Wildman–Crippen MR) is 84.5 cm³/mol. The van der Waals surface area contributed by atoms with Crippen molar-refractivity contribution in [1.29, 1.82) is 0 Å². The Balaban J connectivity index is 2.28. The highest BCUT2D eigenvalue weighted by Gasteiger charge is 2.04. The first-order valence-corrected chi connectivity index (χ1v) is 7.28. The van der Waals surface area contributed by atoms with E-state index in [1.165, 1.54) is 6.21 Å². The zero-order valence-corrected chi connectivity index (χ0v) is 12.6. The summed E-state index contributed by atoms with van der Waals surface area (Å²) in [7, 11) is 0. The van der Waals surface area contributed by atoms with Crippen LogP contribution in [0.1, 0.15) is 25.1 Å². The normalized spacial score (nSPS) is 12.7. The number of hydrogen-bond donors (Lipinski definition) is 1. The molecule has 1 aromatic heterocycles. The SMILES string of the molecule is CC(C)CC(=O)OC/N=C/C=C(N)/C=C/c1cccs1. The molecule has 2 N–H and O–H groups in total. The van der Waals surface area contributed by atoms with Crippen LogP contribution in [0.3, 0.4) is 0 Å². The molecule has 0 atom stereocenters. The Morgan fingerprint density at radius 1 is 1.55 bits per heavy atom. The van der Waals surface area contributed by atoms with E-state index in [0.29, 0.717) is 18.0 Å². The van der Waals surface area contributed by atoms with Crippen LogP contribution in [-0.4, -0.2) is 18.9 Å². The van der Waals surface area contributed by atoms with Crippen molar-refractivity contribution in [3.05, 3.63) is 40.2 Å². The van der Waals surface area contributed by atoms with Crippen LogP contribution in [0.5, 0.6) is 0 Å². The topological polar surface area (TPSA) is 64.7 Å². The summed E-state index contributed by atoms with van der Waals surface area (Å²) in [5, 5.41) is 2.01. The van der Waals surface area contributed by atoms with E-state index in [1.54, 1.807) is 17.4 Å². The molecular weight excluding hydrogens is 272 g/mol. The van der Waals surface area contributed by atoms with Gasteiger partial charge in [-0.2, -0.15) is 0 Å². The highest BCUT2D eigenvalue weighted by Crippen LogP contribution is 2.10. The molecule has 0 unspecified atom stereocenters. The first-order valence-electron chi connectivity index (χ1n) is 6.40. The van der Waals surface area contributed by atoms with Gasteiger partial charge in [0, 0.05) is 23.2 Å². The maximum Gasteiger partial charge on any atom is 0.307 e. The number of carbonyl (C=O) groups excluding carboxylic acids is 1. The fraction of sp³-hybridized carbons (Fsp3) is 0.333. The molecule has 0 spiro atoms. The van der Waals surface area contributed by atoms with Crippen LogP contribution < -0.4 is 5.73 Å². The molecule has 0 amide bonds. The Labute approximate surface area is 123 Å². The van der Waals surface area contributed by atoms with Crippen molar-refractivity contribution in [2.24, 2.45) is 16.6 Å². The lowest BCUT2D eigenvalue weighted by molar-refractivity contribution is -0.144. The summed E-state index contributed by atoms with van der Waals surface area (Å²) in [5.74, 6) is 0.0658. The molecule has 1 rings (SSSR count). The summed E-state index contributed by atoms with van der Waals surface area (Å²) < 4.78 is 4.93. The number of hydrogen-bond acceptors (Lipinski definition) is 5. The molecular formula is C15H20N2O2S. The Kier molecular flexibility index (Phi) is 7.35. The van der Waals surface area contributed by atoms with Gasteiger partial charge in [-0.1, -0.05) is 19.9 Å². The predicted octanol–water partition coefficient (Wildman–Crippen LogP) is 3.22. The van der Waals surface area contributed by atoms with Crippen LogP contribution in [0.2, 0.25) is 0 Å². The third kappa shape index (κ3) is 7.53. The van der Waals surface area contributed by atoms with Crippen molar-refractivity contribution in [2.75, 3.05) is 6.73 Å². The summed E-state index contributed by atoms with van der Waals surface area (Å²) in [6.45, 7) is 3.96. The largest absolute Gasteiger partial charge is 0.442 e. The average molecular weight is 292 g/mol. The zero-order chi connectivity index (χ0) is 14.8. The fourth-order valence-electron chi connectivity index (χ4n) is 1.30. The van der Waals surface area contributed by atoms with Crippen LogP contribution in [0.4, 0.5) is 0 Å². The minimum Gasteiger partial charge on any atom is -0.442 e. The van der Waals surface area contributed by atoms with Crippen LogP contribution in [0, 0.1) is 5.92 Å². The minimum atomic E-state index is -0.230. The molecule has 0 aromatic carbocycles. The number of rotatable bonds is 7. The lowest BCUT2D eigenvalue weighted by atomic mass is 10.1. The molecule has 0 saturated heterocycles. The van der Waals surface area contributed by atoms with Gasteiger partial charge < -0.3 is 10.5 Å². The van der Waals surface area contributed by atoms with Gasteiger partial charge in [0.15, 0.2) is 6.73 Å². The van der Waals surface area contributed by atoms with Gasteiger partial charge in [0.2, 0.25) is 0 Å². The quantitative estimate of drug-likeness (QED) is 0.477. The molecule has 108 valence electrons. The van der Waals surface area contributed by atoms with Gasteiger partial charge >= 0.3 is 5.97 Å². The van der Waals surface area contributed by atoms with E-state index in [0.717, 1.165) is 4.88 Å². The van der Waals surface area contributed by atoms with E-state index < -0.39 is 0 Å². The van der Waals surface area contributed by atoms with Gasteiger partial charge in [-0.3, -0.25) is 9.79 Å². The summed E-state index contributed by atoms with van der Waals surface area (Å²) in [4.78, 5) is 16.3. The second kappa shape index (κ2) is 9.09. The monoisotopic (exact) mass is 292 g/mol. The van der Waals surface area contributed by atoms with Crippen molar-refractivity contribution in [1.82, 2.24) is 0 Å². The molecule has 1 aromatic rings. The maximum atomic E-state index is 11.2. The third-order valence-electron chi connectivity index (χ3n) is 2.23. The van der Waals surface area contributed by atoms with Crippen molar-refractivity contribution in [3.8, 4) is 0 Å². The standard InChI is InChI=1S/C15H20N2O2S/c1-12(2)10-15(18)19-11-17-8-7-13(16)5-6-14-4-3-9-20-14/h3-9,12H,10-11,16H2,1-2H3/b6-5+,13-7-,17-8+.